The van der Waals surface area contributed by atoms with Gasteiger partial charge >= 0.3 is 0 Å². The first-order valence-electron chi connectivity index (χ1n) is 6.02. The number of hydrogen-bond acceptors (Lipinski definition) is 2. The summed E-state index contributed by atoms with van der Waals surface area (Å²) in [5.41, 5.74) is 8.87. The maximum atomic E-state index is 6.17. The molecule has 0 bridgehead atoms. The predicted molar refractivity (Wildman–Crippen MR) is 82.5 cm³/mol. The van der Waals surface area contributed by atoms with Crippen LogP contribution in [0.3, 0.4) is 0 Å². The van der Waals surface area contributed by atoms with Crippen LogP contribution in [0.25, 0.3) is 0 Å². The lowest BCUT2D eigenvalue weighted by Crippen LogP contribution is -2.18. The molecule has 0 heterocycles. The topological polar surface area (TPSA) is 29.3 Å². The van der Waals surface area contributed by atoms with Crippen molar-refractivity contribution < 1.29 is 0 Å². The summed E-state index contributed by atoms with van der Waals surface area (Å²) in [7, 11) is 2.04. The first-order chi connectivity index (χ1) is 9.06. The van der Waals surface area contributed by atoms with E-state index in [4.69, 9.17) is 28.9 Å². The summed E-state index contributed by atoms with van der Waals surface area (Å²) in [5.74, 6) is 0. The Kier molecular flexibility index (Phi) is 4.70. The normalized spacial score (nSPS) is 10.9. The van der Waals surface area contributed by atoms with Crippen LogP contribution < -0.4 is 5.73 Å². The Bertz CT molecular complexity index is 532. The van der Waals surface area contributed by atoms with Crippen molar-refractivity contribution in [3.05, 3.63) is 63.6 Å². The molecule has 0 spiro atoms. The van der Waals surface area contributed by atoms with E-state index in [9.17, 15) is 0 Å². The zero-order valence-electron chi connectivity index (χ0n) is 10.7. The highest BCUT2D eigenvalue weighted by Crippen LogP contribution is 2.23. The average molecular weight is 295 g/mol. The molecule has 0 aromatic heterocycles. The van der Waals surface area contributed by atoms with E-state index in [0.29, 0.717) is 11.6 Å². The predicted octanol–water partition coefficient (Wildman–Crippen LogP) is 4.21. The van der Waals surface area contributed by atoms with Crippen molar-refractivity contribution in [1.82, 2.24) is 4.90 Å². The van der Waals surface area contributed by atoms with Gasteiger partial charge in [0, 0.05) is 34.4 Å². The SMILES string of the molecule is CN(Cc1ccc(Cl)cc1)Cc1c(N)cccc1Cl. The third-order valence-electron chi connectivity index (χ3n) is 2.95. The van der Waals surface area contributed by atoms with Crippen LogP contribution in [0, 0.1) is 0 Å². The molecular weight excluding hydrogens is 279 g/mol. The Balaban J connectivity index is 2.05. The highest BCUT2D eigenvalue weighted by atomic mass is 35.5. The second-order valence-electron chi connectivity index (χ2n) is 4.61. The molecule has 2 N–H and O–H groups in total. The molecule has 0 aliphatic carbocycles. The Hall–Kier alpha value is -1.22. The van der Waals surface area contributed by atoms with Gasteiger partial charge in [0.05, 0.1) is 0 Å². The third-order valence-corrected chi connectivity index (χ3v) is 3.55. The quantitative estimate of drug-likeness (QED) is 0.856. The fourth-order valence-corrected chi connectivity index (χ4v) is 2.34. The zero-order chi connectivity index (χ0) is 13.8. The van der Waals surface area contributed by atoms with Crippen LogP contribution in [0.15, 0.2) is 42.5 Å². The van der Waals surface area contributed by atoms with Gasteiger partial charge < -0.3 is 5.73 Å². The molecule has 2 aromatic carbocycles. The molecular formula is C15H16Cl2N2. The first kappa shape index (κ1) is 14.2. The van der Waals surface area contributed by atoms with E-state index in [-0.39, 0.29) is 0 Å². The van der Waals surface area contributed by atoms with Crippen molar-refractivity contribution in [2.45, 2.75) is 13.1 Å². The van der Waals surface area contributed by atoms with Crippen molar-refractivity contribution >= 4 is 28.9 Å². The summed E-state index contributed by atoms with van der Waals surface area (Å²) in [6.45, 7) is 1.54. The maximum absolute atomic E-state index is 6.17. The molecule has 0 aliphatic heterocycles. The highest BCUT2D eigenvalue weighted by molar-refractivity contribution is 6.31. The summed E-state index contributed by atoms with van der Waals surface area (Å²) in [6, 6.07) is 13.4. The third kappa shape index (κ3) is 3.87. The maximum Gasteiger partial charge on any atom is 0.0471 e. The Morgan fingerprint density at radius 1 is 1.00 bits per heavy atom. The van der Waals surface area contributed by atoms with Gasteiger partial charge in [-0.25, -0.2) is 0 Å². The lowest BCUT2D eigenvalue weighted by Gasteiger charge is -2.19. The second kappa shape index (κ2) is 6.29. The molecule has 0 fully saturated rings. The molecule has 0 amide bonds. The first-order valence-corrected chi connectivity index (χ1v) is 6.77. The summed E-state index contributed by atoms with van der Waals surface area (Å²) in [5, 5.41) is 1.46. The van der Waals surface area contributed by atoms with Gasteiger partial charge in [0.25, 0.3) is 0 Å². The smallest absolute Gasteiger partial charge is 0.0471 e. The van der Waals surface area contributed by atoms with E-state index in [1.807, 2.05) is 49.5 Å². The van der Waals surface area contributed by atoms with E-state index in [1.54, 1.807) is 0 Å². The summed E-state index contributed by atoms with van der Waals surface area (Å²) < 4.78 is 0. The van der Waals surface area contributed by atoms with Gasteiger partial charge in [0.1, 0.15) is 0 Å². The molecule has 19 heavy (non-hydrogen) atoms. The number of nitrogens with two attached hydrogens (primary N) is 1. The highest BCUT2D eigenvalue weighted by Gasteiger charge is 2.08. The van der Waals surface area contributed by atoms with Gasteiger partial charge in [-0.2, -0.15) is 0 Å². The van der Waals surface area contributed by atoms with E-state index in [1.165, 1.54) is 5.56 Å². The van der Waals surface area contributed by atoms with E-state index < -0.39 is 0 Å². The molecule has 2 rings (SSSR count). The van der Waals surface area contributed by atoms with Gasteiger partial charge in [-0.1, -0.05) is 41.4 Å². The Morgan fingerprint density at radius 3 is 2.32 bits per heavy atom. The standard InChI is InChI=1S/C15H16Cl2N2/c1-19(9-11-5-7-12(16)8-6-11)10-13-14(17)3-2-4-15(13)18/h2-8H,9-10,18H2,1H3. The fraction of sp³-hybridized carbons (Fsp3) is 0.200. The van der Waals surface area contributed by atoms with Crippen LogP contribution in [0.1, 0.15) is 11.1 Å². The number of nitrogens with zero attached hydrogens (tertiary/aromatic N) is 1. The Morgan fingerprint density at radius 2 is 1.68 bits per heavy atom. The minimum absolute atomic E-state index is 0.711. The lowest BCUT2D eigenvalue weighted by atomic mass is 10.1. The molecule has 4 heteroatoms. The van der Waals surface area contributed by atoms with E-state index in [0.717, 1.165) is 22.8 Å². The molecule has 100 valence electrons. The van der Waals surface area contributed by atoms with Gasteiger partial charge in [-0.3, -0.25) is 4.90 Å². The summed E-state index contributed by atoms with van der Waals surface area (Å²) >= 11 is 12.0. The van der Waals surface area contributed by atoms with Gasteiger partial charge in [-0.05, 0) is 36.9 Å². The average Bonchev–Trinajstić information content (AvgIpc) is 2.37. The summed E-state index contributed by atoms with van der Waals surface area (Å²) in [6.07, 6.45) is 0. The van der Waals surface area contributed by atoms with Gasteiger partial charge in [0.15, 0.2) is 0 Å². The molecule has 0 unspecified atom stereocenters. The van der Waals surface area contributed by atoms with Crippen LogP contribution in [0.4, 0.5) is 5.69 Å². The number of halogens is 2. The molecule has 2 nitrogen and oxygen atoms in total. The Labute approximate surface area is 123 Å². The van der Waals surface area contributed by atoms with Crippen LogP contribution in [-0.2, 0) is 13.1 Å². The minimum atomic E-state index is 0.711. The molecule has 2 aromatic rings. The monoisotopic (exact) mass is 294 g/mol. The van der Waals surface area contributed by atoms with Crippen LogP contribution in [0.5, 0.6) is 0 Å². The van der Waals surface area contributed by atoms with E-state index in [2.05, 4.69) is 4.90 Å². The summed E-state index contributed by atoms with van der Waals surface area (Å²) in [4.78, 5) is 2.17. The van der Waals surface area contributed by atoms with Crippen molar-refractivity contribution in [2.24, 2.45) is 0 Å². The van der Waals surface area contributed by atoms with Crippen molar-refractivity contribution in [3.8, 4) is 0 Å². The number of rotatable bonds is 4. The number of anilines is 1. The number of benzene rings is 2. The van der Waals surface area contributed by atoms with E-state index >= 15 is 0 Å². The van der Waals surface area contributed by atoms with Crippen LogP contribution in [0.2, 0.25) is 10.0 Å². The molecule has 0 saturated heterocycles. The molecule has 0 aliphatic rings. The van der Waals surface area contributed by atoms with Crippen molar-refractivity contribution in [3.63, 3.8) is 0 Å². The second-order valence-corrected chi connectivity index (χ2v) is 5.45. The van der Waals surface area contributed by atoms with Crippen molar-refractivity contribution in [1.29, 1.82) is 0 Å². The lowest BCUT2D eigenvalue weighted by molar-refractivity contribution is 0.319. The van der Waals surface area contributed by atoms with Gasteiger partial charge in [0.2, 0.25) is 0 Å². The minimum Gasteiger partial charge on any atom is -0.398 e. The molecule has 0 saturated carbocycles. The molecule has 0 radical (unpaired) electrons. The zero-order valence-corrected chi connectivity index (χ0v) is 12.2. The molecule has 0 atom stereocenters. The van der Waals surface area contributed by atoms with Gasteiger partial charge in [-0.15, -0.1) is 0 Å². The number of hydrogen-bond donors (Lipinski definition) is 1. The fourth-order valence-electron chi connectivity index (χ4n) is 1.97. The van der Waals surface area contributed by atoms with Crippen molar-refractivity contribution in [2.75, 3.05) is 12.8 Å². The largest absolute Gasteiger partial charge is 0.398 e. The number of nitrogen functional groups attached to an aromatic ring is 1. The van der Waals surface area contributed by atoms with Crippen LogP contribution >= 0.6 is 23.2 Å². The van der Waals surface area contributed by atoms with Crippen LogP contribution in [-0.4, -0.2) is 11.9 Å².